The van der Waals surface area contributed by atoms with E-state index in [0.717, 1.165) is 5.56 Å². The van der Waals surface area contributed by atoms with Crippen molar-refractivity contribution in [1.29, 1.82) is 0 Å². The zero-order chi connectivity index (χ0) is 38.4. The molecule has 16 nitrogen and oxygen atoms in total. The Morgan fingerprint density at radius 2 is 1.67 bits per heavy atom. The molecule has 0 amide bonds. The number of hydrogen-bond acceptors (Lipinski definition) is 14. The summed E-state index contributed by atoms with van der Waals surface area (Å²) in [4.78, 5) is 47.5. The van der Waals surface area contributed by atoms with Crippen LogP contribution >= 0.6 is 7.75 Å². The van der Waals surface area contributed by atoms with Crippen LogP contribution in [0.4, 0.5) is 5.82 Å². The SMILES string of the molecule is CCOC(=O)[C@H](C)NP(=O)(OC[C@H]1O[C@@](/C=N\C)(c2ccc3c(N)ncnn23)[C@H](OC(=O)C(C)C)[C@@H]1OC(=O)C(C)C)Oc1ccc(C(C)C)cc1. The van der Waals surface area contributed by atoms with E-state index in [2.05, 4.69) is 20.2 Å². The molecule has 3 heterocycles. The summed E-state index contributed by atoms with van der Waals surface area (Å²) in [5.74, 6) is -2.51. The van der Waals surface area contributed by atoms with Crippen molar-refractivity contribution in [3.05, 3.63) is 54.0 Å². The van der Waals surface area contributed by atoms with Crippen molar-refractivity contribution >= 4 is 43.2 Å². The highest BCUT2D eigenvalue weighted by Gasteiger charge is 2.61. The molecular weight excluding hydrogens is 695 g/mol. The predicted molar refractivity (Wildman–Crippen MR) is 192 cm³/mol. The van der Waals surface area contributed by atoms with Crippen LogP contribution < -0.4 is 15.3 Å². The van der Waals surface area contributed by atoms with Crippen LogP contribution in [0.3, 0.4) is 0 Å². The lowest BCUT2D eigenvalue weighted by molar-refractivity contribution is -0.172. The van der Waals surface area contributed by atoms with Crippen molar-refractivity contribution in [2.45, 2.75) is 91.3 Å². The van der Waals surface area contributed by atoms with Gasteiger partial charge in [-0.25, -0.2) is 14.1 Å². The fourth-order valence-electron chi connectivity index (χ4n) is 5.46. The number of benzene rings is 1. The Morgan fingerprint density at radius 1 is 1.02 bits per heavy atom. The molecule has 1 aliphatic rings. The standard InChI is InChI=1S/C35H49N6O10P/c1-10-46-34(44)23(8)40-52(45,51-25-13-11-24(12-14-25)20(2)3)47-17-27-29(48-32(42)21(4)5)30(49-33(43)22(6)7)35(50-27,18-37-9)28-16-15-26-31(36)38-19-39-41(26)28/h11-16,18-23,27,29-30H,10,17H2,1-9H3,(H,40,45)(H2,36,38,39)/b37-18-/t23-,27+,29+,30+,35-,52?/m0/s1. The van der Waals surface area contributed by atoms with Crippen LogP contribution in [0.15, 0.2) is 47.7 Å². The van der Waals surface area contributed by atoms with Crippen molar-refractivity contribution < 1.29 is 46.9 Å². The molecule has 3 N–H and O–H groups in total. The number of nitrogens with zero attached hydrogens (tertiary/aromatic N) is 4. The summed E-state index contributed by atoms with van der Waals surface area (Å²) in [6, 6.07) is 9.11. The lowest BCUT2D eigenvalue weighted by Crippen LogP contribution is -2.48. The van der Waals surface area contributed by atoms with E-state index in [1.165, 1.54) is 31.0 Å². The minimum Gasteiger partial charge on any atom is -0.465 e. The number of nitrogen functional groups attached to an aromatic ring is 1. The summed E-state index contributed by atoms with van der Waals surface area (Å²) in [6.45, 7) is 13.3. The Balaban J connectivity index is 1.82. The predicted octanol–water partition coefficient (Wildman–Crippen LogP) is 4.61. The number of esters is 3. The van der Waals surface area contributed by atoms with Gasteiger partial charge in [0.05, 0.1) is 30.7 Å². The van der Waals surface area contributed by atoms with Crippen LogP contribution in [0, 0.1) is 11.8 Å². The maximum absolute atomic E-state index is 14.5. The van der Waals surface area contributed by atoms with Gasteiger partial charge in [0, 0.05) is 13.3 Å². The zero-order valence-electron chi connectivity index (χ0n) is 31.0. The molecule has 0 aliphatic carbocycles. The fraction of sp³-hybridized carbons (Fsp3) is 0.543. The molecule has 17 heteroatoms. The first-order valence-electron chi connectivity index (χ1n) is 17.1. The van der Waals surface area contributed by atoms with Gasteiger partial charge in [0.15, 0.2) is 23.6 Å². The highest BCUT2D eigenvalue weighted by Crippen LogP contribution is 2.48. The van der Waals surface area contributed by atoms with Crippen molar-refractivity contribution in [2.75, 3.05) is 26.0 Å². The van der Waals surface area contributed by atoms with Crippen LogP contribution in [0.2, 0.25) is 0 Å². The van der Waals surface area contributed by atoms with E-state index in [1.54, 1.807) is 58.9 Å². The van der Waals surface area contributed by atoms with E-state index < -0.39 is 74.1 Å². The monoisotopic (exact) mass is 744 g/mol. The molecule has 1 aliphatic heterocycles. The van der Waals surface area contributed by atoms with Gasteiger partial charge in [-0.15, -0.1) is 0 Å². The van der Waals surface area contributed by atoms with Gasteiger partial charge >= 0.3 is 25.7 Å². The number of aromatic nitrogens is 3. The van der Waals surface area contributed by atoms with E-state index >= 15 is 0 Å². The molecule has 6 atom stereocenters. The van der Waals surface area contributed by atoms with Gasteiger partial charge in [-0.05, 0) is 49.6 Å². The van der Waals surface area contributed by atoms with Gasteiger partial charge in [0.2, 0.25) is 0 Å². The van der Waals surface area contributed by atoms with Crippen LogP contribution in [-0.2, 0) is 48.0 Å². The molecule has 1 fully saturated rings. The molecule has 4 rings (SSSR count). The fourth-order valence-corrected chi connectivity index (χ4v) is 6.97. The van der Waals surface area contributed by atoms with E-state index in [1.807, 2.05) is 26.0 Å². The largest absolute Gasteiger partial charge is 0.465 e. The van der Waals surface area contributed by atoms with Gasteiger partial charge in [0.1, 0.15) is 29.7 Å². The molecule has 1 unspecified atom stereocenters. The van der Waals surface area contributed by atoms with Gasteiger partial charge in [0.25, 0.3) is 0 Å². The number of nitrogens with two attached hydrogens (primary N) is 1. The second-order valence-electron chi connectivity index (χ2n) is 13.3. The number of carbonyl (C=O) groups excluding carboxylic acids is 3. The summed E-state index contributed by atoms with van der Waals surface area (Å²) in [7, 11) is -2.93. The Labute approximate surface area is 303 Å². The summed E-state index contributed by atoms with van der Waals surface area (Å²) in [5, 5.41) is 7.01. The topological polar surface area (TPSA) is 204 Å². The molecular formula is C35H49N6O10P. The highest BCUT2D eigenvalue weighted by molar-refractivity contribution is 7.52. The third-order valence-corrected chi connectivity index (χ3v) is 9.89. The Morgan fingerprint density at radius 3 is 2.27 bits per heavy atom. The number of ether oxygens (including phenoxy) is 4. The smallest absolute Gasteiger partial charge is 0.459 e. The second-order valence-corrected chi connectivity index (χ2v) is 15.0. The second kappa shape index (κ2) is 17.0. The maximum Gasteiger partial charge on any atom is 0.459 e. The quantitative estimate of drug-likeness (QED) is 0.0890. The van der Waals surface area contributed by atoms with Crippen LogP contribution in [0.5, 0.6) is 5.75 Å². The van der Waals surface area contributed by atoms with E-state index in [-0.39, 0.29) is 24.1 Å². The van der Waals surface area contributed by atoms with Crippen LogP contribution in [0.1, 0.15) is 72.6 Å². The molecule has 1 aromatic carbocycles. The number of rotatable bonds is 16. The summed E-state index contributed by atoms with van der Waals surface area (Å²) in [5.41, 5.74) is 6.16. The number of carbonyl (C=O) groups is 3. The van der Waals surface area contributed by atoms with Crippen LogP contribution in [-0.4, -0.2) is 83.3 Å². The minimum atomic E-state index is -4.43. The molecule has 0 saturated carbocycles. The van der Waals surface area contributed by atoms with Gasteiger partial charge in [-0.1, -0.05) is 53.7 Å². The molecule has 3 aromatic rings. The number of nitrogens with one attached hydrogen (secondary N) is 1. The molecule has 1 saturated heterocycles. The van der Waals surface area contributed by atoms with E-state index in [4.69, 9.17) is 33.7 Å². The lowest BCUT2D eigenvalue weighted by Gasteiger charge is -2.32. The van der Waals surface area contributed by atoms with Crippen LogP contribution in [0.25, 0.3) is 5.52 Å². The number of aliphatic imine (C=N–C) groups is 1. The highest BCUT2D eigenvalue weighted by atomic mass is 31.2. The average molecular weight is 745 g/mol. The van der Waals surface area contributed by atoms with E-state index in [0.29, 0.717) is 11.2 Å². The summed E-state index contributed by atoms with van der Waals surface area (Å²) >= 11 is 0. The van der Waals surface area contributed by atoms with Crippen molar-refractivity contribution in [2.24, 2.45) is 16.8 Å². The number of fused-ring (bicyclic) bond motifs is 1. The summed E-state index contributed by atoms with van der Waals surface area (Å²) < 4.78 is 51.8. The first-order valence-corrected chi connectivity index (χ1v) is 18.7. The minimum absolute atomic E-state index is 0.0921. The third-order valence-electron chi connectivity index (χ3n) is 8.25. The lowest BCUT2D eigenvalue weighted by atomic mass is 9.91. The Kier molecular flexibility index (Phi) is 13.2. The maximum atomic E-state index is 14.5. The third kappa shape index (κ3) is 8.98. The number of hydrogen-bond donors (Lipinski definition) is 2. The average Bonchev–Trinajstić information content (AvgIpc) is 3.65. The molecule has 0 bridgehead atoms. The van der Waals surface area contributed by atoms with Gasteiger partial charge in [-0.3, -0.25) is 23.9 Å². The Bertz CT molecular complexity index is 1800. The van der Waals surface area contributed by atoms with Gasteiger partial charge < -0.3 is 29.2 Å². The van der Waals surface area contributed by atoms with Gasteiger partial charge in [-0.2, -0.15) is 10.2 Å². The molecule has 52 heavy (non-hydrogen) atoms. The molecule has 2 aromatic heterocycles. The molecule has 0 radical (unpaired) electrons. The molecule has 284 valence electrons. The van der Waals surface area contributed by atoms with Crippen molar-refractivity contribution in [1.82, 2.24) is 19.7 Å². The zero-order valence-corrected chi connectivity index (χ0v) is 31.9. The number of anilines is 1. The first-order chi connectivity index (χ1) is 24.6. The normalized spacial score (nSPS) is 22.2. The van der Waals surface area contributed by atoms with Crippen molar-refractivity contribution in [3.63, 3.8) is 0 Å². The van der Waals surface area contributed by atoms with E-state index in [9.17, 15) is 18.9 Å². The molecule has 0 spiro atoms. The first kappa shape index (κ1) is 40.4. The summed E-state index contributed by atoms with van der Waals surface area (Å²) in [6.07, 6.45) is -1.28. The Hall–Kier alpha value is -4.37. The van der Waals surface area contributed by atoms with Crippen molar-refractivity contribution in [3.8, 4) is 5.75 Å².